The van der Waals surface area contributed by atoms with Crippen molar-refractivity contribution in [2.45, 2.75) is 18.5 Å². The van der Waals surface area contributed by atoms with Gasteiger partial charge in [0, 0.05) is 19.8 Å². The summed E-state index contributed by atoms with van der Waals surface area (Å²) in [6.45, 7) is 3.76. The van der Waals surface area contributed by atoms with E-state index in [1.165, 1.54) is 0 Å². The zero-order chi connectivity index (χ0) is 8.32. The van der Waals surface area contributed by atoms with Crippen molar-refractivity contribution in [2.24, 2.45) is 0 Å². The molecule has 1 rings (SSSR count). The van der Waals surface area contributed by atoms with Crippen molar-refractivity contribution < 1.29 is 13.6 Å². The standard InChI is InChI=1S/C7H16O3Si/c1-4-11(8-2,9-3)7-5-10-6-7/h7H,4-6H2,1-3H3. The Kier molecular flexibility index (Phi) is 3.06. The van der Waals surface area contributed by atoms with Crippen LogP contribution in [0.3, 0.4) is 0 Å². The maximum atomic E-state index is 5.48. The second kappa shape index (κ2) is 3.67. The lowest BCUT2D eigenvalue weighted by molar-refractivity contribution is 0.0127. The molecule has 0 aromatic heterocycles. The lowest BCUT2D eigenvalue weighted by atomic mass is 10.4. The minimum atomic E-state index is -1.86. The van der Waals surface area contributed by atoms with Crippen LogP contribution in [-0.4, -0.2) is 36.0 Å². The van der Waals surface area contributed by atoms with E-state index in [2.05, 4.69) is 6.92 Å². The fourth-order valence-electron chi connectivity index (χ4n) is 1.48. The molecule has 0 unspecified atom stereocenters. The molecule has 1 heterocycles. The summed E-state index contributed by atoms with van der Waals surface area (Å²) >= 11 is 0. The van der Waals surface area contributed by atoms with Crippen molar-refractivity contribution in [1.82, 2.24) is 0 Å². The fourth-order valence-corrected chi connectivity index (χ4v) is 4.22. The highest BCUT2D eigenvalue weighted by molar-refractivity contribution is 6.69. The van der Waals surface area contributed by atoms with Crippen molar-refractivity contribution in [3.8, 4) is 0 Å². The molecule has 0 spiro atoms. The van der Waals surface area contributed by atoms with Crippen LogP contribution in [0.15, 0.2) is 0 Å². The normalized spacial score (nSPS) is 19.9. The van der Waals surface area contributed by atoms with Crippen molar-refractivity contribution in [3.63, 3.8) is 0 Å². The first-order chi connectivity index (χ1) is 5.29. The average molecular weight is 176 g/mol. The van der Waals surface area contributed by atoms with E-state index in [0.29, 0.717) is 5.54 Å². The summed E-state index contributed by atoms with van der Waals surface area (Å²) in [6.07, 6.45) is 0. The van der Waals surface area contributed by atoms with Gasteiger partial charge in [0.2, 0.25) is 0 Å². The van der Waals surface area contributed by atoms with Gasteiger partial charge in [-0.3, -0.25) is 0 Å². The molecule has 1 aliphatic heterocycles. The van der Waals surface area contributed by atoms with Gasteiger partial charge in [0.1, 0.15) is 0 Å². The minimum absolute atomic E-state index is 0.544. The van der Waals surface area contributed by atoms with Crippen LogP contribution in [0.2, 0.25) is 11.6 Å². The lowest BCUT2D eigenvalue weighted by Gasteiger charge is -2.39. The Labute approximate surface area is 68.9 Å². The number of ether oxygens (including phenoxy) is 1. The van der Waals surface area contributed by atoms with Gasteiger partial charge in [-0.25, -0.2) is 0 Å². The van der Waals surface area contributed by atoms with Crippen LogP contribution in [0.5, 0.6) is 0 Å². The van der Waals surface area contributed by atoms with Gasteiger partial charge in [-0.15, -0.1) is 0 Å². The van der Waals surface area contributed by atoms with Gasteiger partial charge in [0.05, 0.1) is 13.2 Å². The number of rotatable bonds is 4. The van der Waals surface area contributed by atoms with Crippen LogP contribution >= 0.6 is 0 Å². The van der Waals surface area contributed by atoms with E-state index in [1.54, 1.807) is 14.2 Å². The van der Waals surface area contributed by atoms with Crippen LogP contribution in [0.1, 0.15) is 6.92 Å². The Hall–Kier alpha value is 0.0969. The quantitative estimate of drug-likeness (QED) is 0.601. The molecule has 1 fully saturated rings. The predicted molar refractivity (Wildman–Crippen MR) is 44.8 cm³/mol. The molecule has 4 heteroatoms. The van der Waals surface area contributed by atoms with Crippen LogP contribution < -0.4 is 0 Å². The third-order valence-electron chi connectivity index (χ3n) is 2.44. The second-order valence-electron chi connectivity index (χ2n) is 2.81. The molecule has 0 saturated carbocycles. The van der Waals surface area contributed by atoms with E-state index in [4.69, 9.17) is 13.6 Å². The molecule has 1 aliphatic rings. The zero-order valence-corrected chi connectivity index (χ0v) is 8.42. The lowest BCUT2D eigenvalue weighted by Crippen LogP contribution is -2.51. The van der Waals surface area contributed by atoms with E-state index in [-0.39, 0.29) is 0 Å². The van der Waals surface area contributed by atoms with Gasteiger partial charge in [-0.1, -0.05) is 6.92 Å². The monoisotopic (exact) mass is 176 g/mol. The molecule has 0 aliphatic carbocycles. The van der Waals surface area contributed by atoms with Gasteiger partial charge in [-0.2, -0.15) is 0 Å². The van der Waals surface area contributed by atoms with Gasteiger partial charge in [-0.05, 0) is 6.04 Å². The van der Waals surface area contributed by atoms with Crippen molar-refractivity contribution in [3.05, 3.63) is 0 Å². The average Bonchev–Trinajstić information content (AvgIpc) is 1.97. The summed E-state index contributed by atoms with van der Waals surface area (Å²) in [7, 11) is 1.64. The van der Waals surface area contributed by atoms with E-state index in [1.807, 2.05) is 0 Å². The highest BCUT2D eigenvalue weighted by atomic mass is 28.4. The van der Waals surface area contributed by atoms with E-state index < -0.39 is 8.56 Å². The molecule has 66 valence electrons. The summed E-state index contributed by atoms with van der Waals surface area (Å²) in [6, 6.07) is 1.01. The summed E-state index contributed by atoms with van der Waals surface area (Å²) < 4.78 is 16.1. The molecule has 0 atom stereocenters. The molecular formula is C7H16O3Si. The predicted octanol–water partition coefficient (Wildman–Crippen LogP) is 1.14. The third-order valence-corrected chi connectivity index (χ3v) is 6.39. The smallest absolute Gasteiger partial charge is 0.345 e. The number of hydrogen-bond acceptors (Lipinski definition) is 3. The van der Waals surface area contributed by atoms with Crippen molar-refractivity contribution in [1.29, 1.82) is 0 Å². The van der Waals surface area contributed by atoms with E-state index in [0.717, 1.165) is 19.3 Å². The topological polar surface area (TPSA) is 27.7 Å². The molecule has 1 saturated heterocycles. The minimum Gasteiger partial charge on any atom is -0.397 e. The Morgan fingerprint density at radius 2 is 1.91 bits per heavy atom. The SMILES string of the molecule is CC[Si](OC)(OC)C1COC1. The van der Waals surface area contributed by atoms with Crippen LogP contribution in [0.25, 0.3) is 0 Å². The summed E-state index contributed by atoms with van der Waals surface area (Å²) in [5, 5.41) is 0. The van der Waals surface area contributed by atoms with Crippen molar-refractivity contribution in [2.75, 3.05) is 27.4 Å². The Morgan fingerprint density at radius 3 is 2.00 bits per heavy atom. The van der Waals surface area contributed by atoms with Gasteiger partial charge >= 0.3 is 8.56 Å². The van der Waals surface area contributed by atoms with E-state index in [9.17, 15) is 0 Å². The highest BCUT2D eigenvalue weighted by Gasteiger charge is 2.46. The van der Waals surface area contributed by atoms with Crippen molar-refractivity contribution >= 4 is 8.56 Å². The second-order valence-corrected chi connectivity index (χ2v) is 6.77. The largest absolute Gasteiger partial charge is 0.397 e. The number of hydrogen-bond donors (Lipinski definition) is 0. The van der Waals surface area contributed by atoms with Gasteiger partial charge in [0.25, 0.3) is 0 Å². The molecule has 0 radical (unpaired) electrons. The first-order valence-electron chi connectivity index (χ1n) is 3.97. The van der Waals surface area contributed by atoms with Crippen LogP contribution in [0, 0.1) is 0 Å². The van der Waals surface area contributed by atoms with Crippen LogP contribution in [0.4, 0.5) is 0 Å². The maximum Gasteiger partial charge on any atom is 0.345 e. The Balaban J connectivity index is 2.54. The molecule has 0 bridgehead atoms. The van der Waals surface area contributed by atoms with Gasteiger partial charge < -0.3 is 13.6 Å². The van der Waals surface area contributed by atoms with Gasteiger partial charge in [0.15, 0.2) is 0 Å². The van der Waals surface area contributed by atoms with Crippen LogP contribution in [-0.2, 0) is 13.6 Å². The molecule has 0 N–H and O–H groups in total. The Morgan fingerprint density at radius 1 is 1.36 bits per heavy atom. The third kappa shape index (κ3) is 1.49. The maximum absolute atomic E-state index is 5.48. The summed E-state index contributed by atoms with van der Waals surface area (Å²) in [4.78, 5) is 0. The molecule has 0 amide bonds. The van der Waals surface area contributed by atoms with E-state index >= 15 is 0 Å². The molecule has 0 aromatic rings. The first-order valence-corrected chi connectivity index (χ1v) is 6.07. The molecule has 11 heavy (non-hydrogen) atoms. The summed E-state index contributed by atoms with van der Waals surface area (Å²) in [5.74, 6) is 0. The Bertz CT molecular complexity index is 113. The summed E-state index contributed by atoms with van der Waals surface area (Å²) in [5.41, 5.74) is 0.544. The molecule has 3 nitrogen and oxygen atoms in total. The molecule has 0 aromatic carbocycles. The fraction of sp³-hybridized carbons (Fsp3) is 1.00. The zero-order valence-electron chi connectivity index (χ0n) is 7.42. The highest BCUT2D eigenvalue weighted by Crippen LogP contribution is 2.33. The first kappa shape index (κ1) is 9.19. The molecular weight excluding hydrogens is 160 g/mol.